The van der Waals surface area contributed by atoms with E-state index in [1.54, 1.807) is 68.9 Å². The molecule has 0 unspecified atom stereocenters. The minimum absolute atomic E-state index is 0.148. The van der Waals surface area contributed by atoms with Crippen molar-refractivity contribution in [3.05, 3.63) is 70.3 Å². The van der Waals surface area contributed by atoms with Crippen LogP contribution in [0.25, 0.3) is 0 Å². The highest BCUT2D eigenvalue weighted by Crippen LogP contribution is 2.28. The van der Waals surface area contributed by atoms with Crippen molar-refractivity contribution in [3.8, 4) is 5.75 Å². The van der Waals surface area contributed by atoms with E-state index in [1.165, 1.54) is 4.90 Å². The molecule has 0 bridgehead atoms. The molecule has 1 heterocycles. The van der Waals surface area contributed by atoms with Gasteiger partial charge in [-0.05, 0) is 36.4 Å². The van der Waals surface area contributed by atoms with Crippen molar-refractivity contribution in [2.75, 3.05) is 44.2 Å². The molecule has 8 nitrogen and oxygen atoms in total. The molecule has 3 rings (SSSR count). The zero-order valence-electron chi connectivity index (χ0n) is 18.6. The van der Waals surface area contributed by atoms with Crippen LogP contribution in [0.15, 0.2) is 54.7 Å². The summed E-state index contributed by atoms with van der Waals surface area (Å²) in [4.78, 5) is 25.6. The van der Waals surface area contributed by atoms with Crippen LogP contribution in [0.4, 0.5) is 22.2 Å². The maximum atomic E-state index is 13.4. The van der Waals surface area contributed by atoms with Crippen molar-refractivity contribution in [2.45, 2.75) is 6.54 Å². The summed E-state index contributed by atoms with van der Waals surface area (Å²) < 4.78 is 10.4. The van der Waals surface area contributed by atoms with E-state index in [1.807, 2.05) is 11.9 Å². The van der Waals surface area contributed by atoms with Crippen molar-refractivity contribution < 1.29 is 14.3 Å². The van der Waals surface area contributed by atoms with Crippen LogP contribution >= 0.6 is 23.2 Å². The first-order chi connectivity index (χ1) is 15.9. The Morgan fingerprint density at radius 1 is 1.06 bits per heavy atom. The second-order valence-electron chi connectivity index (χ2n) is 7.02. The number of rotatable bonds is 9. The molecule has 0 aliphatic heterocycles. The maximum absolute atomic E-state index is 13.4. The molecule has 0 saturated carbocycles. The van der Waals surface area contributed by atoms with Gasteiger partial charge in [-0.25, -0.2) is 14.7 Å². The van der Waals surface area contributed by atoms with Crippen molar-refractivity contribution in [3.63, 3.8) is 0 Å². The Kier molecular flexibility index (Phi) is 8.71. The Morgan fingerprint density at radius 3 is 2.39 bits per heavy atom. The number of hydrogen-bond acceptors (Lipinski definition) is 6. The largest absolute Gasteiger partial charge is 0.497 e. The number of hydrogen-bond donors (Lipinski definition) is 1. The summed E-state index contributed by atoms with van der Waals surface area (Å²) in [7, 11) is 5.07. The van der Waals surface area contributed by atoms with Gasteiger partial charge in [0.15, 0.2) is 0 Å². The van der Waals surface area contributed by atoms with Gasteiger partial charge < -0.3 is 19.7 Å². The highest BCUT2D eigenvalue weighted by molar-refractivity contribution is 6.36. The fraction of sp³-hybridized carbons (Fsp3) is 0.261. The number of nitrogens with zero attached hydrogens (tertiary/aromatic N) is 4. The van der Waals surface area contributed by atoms with Gasteiger partial charge in [0.1, 0.15) is 11.6 Å². The van der Waals surface area contributed by atoms with Crippen molar-refractivity contribution in [1.29, 1.82) is 0 Å². The SMILES string of the molecule is COCCN(C)c1nccc(N(C(=O)NCc2c(Cl)cccc2Cl)c2ccc(OC)cc2)n1. The Bertz CT molecular complexity index is 1060. The number of halogens is 2. The van der Waals surface area contributed by atoms with Gasteiger partial charge >= 0.3 is 6.03 Å². The maximum Gasteiger partial charge on any atom is 0.327 e. The Hall–Kier alpha value is -3.07. The van der Waals surface area contributed by atoms with Crippen LogP contribution in [0.5, 0.6) is 5.75 Å². The first-order valence-corrected chi connectivity index (χ1v) is 10.9. The van der Waals surface area contributed by atoms with E-state index in [0.29, 0.717) is 52.0 Å². The predicted molar refractivity (Wildman–Crippen MR) is 131 cm³/mol. The number of aromatic nitrogens is 2. The lowest BCUT2D eigenvalue weighted by molar-refractivity contribution is 0.206. The van der Waals surface area contributed by atoms with Crippen LogP contribution in [-0.2, 0) is 11.3 Å². The molecule has 174 valence electrons. The molecule has 0 spiro atoms. The minimum atomic E-state index is -0.402. The van der Waals surface area contributed by atoms with Crippen molar-refractivity contribution in [1.82, 2.24) is 15.3 Å². The Labute approximate surface area is 203 Å². The molecule has 2 aromatic carbocycles. The molecule has 0 atom stereocenters. The first kappa shape index (κ1) is 24.6. The molecule has 1 N–H and O–H groups in total. The molecule has 10 heteroatoms. The summed E-state index contributed by atoms with van der Waals surface area (Å²) in [6.45, 7) is 1.26. The van der Waals surface area contributed by atoms with Gasteiger partial charge in [0, 0.05) is 55.1 Å². The number of carbonyl (C=O) groups is 1. The van der Waals surface area contributed by atoms with Crippen LogP contribution in [0, 0.1) is 0 Å². The smallest absolute Gasteiger partial charge is 0.327 e. The fourth-order valence-electron chi connectivity index (χ4n) is 3.00. The lowest BCUT2D eigenvalue weighted by Crippen LogP contribution is -2.37. The van der Waals surface area contributed by atoms with E-state index >= 15 is 0 Å². The van der Waals surface area contributed by atoms with Gasteiger partial charge in [0.05, 0.1) is 19.4 Å². The zero-order valence-corrected chi connectivity index (χ0v) is 20.1. The zero-order chi connectivity index (χ0) is 23.8. The van der Waals surface area contributed by atoms with E-state index in [4.69, 9.17) is 32.7 Å². The van der Waals surface area contributed by atoms with E-state index in [9.17, 15) is 4.79 Å². The third-order valence-electron chi connectivity index (χ3n) is 4.84. The molecule has 0 radical (unpaired) electrons. The van der Waals surface area contributed by atoms with E-state index in [-0.39, 0.29) is 6.54 Å². The van der Waals surface area contributed by atoms with Crippen LogP contribution in [0.2, 0.25) is 10.0 Å². The molecule has 2 amide bonds. The summed E-state index contributed by atoms with van der Waals surface area (Å²) in [5, 5.41) is 3.83. The van der Waals surface area contributed by atoms with Crippen LogP contribution in [-0.4, -0.2) is 50.4 Å². The highest BCUT2D eigenvalue weighted by Gasteiger charge is 2.21. The summed E-state index contributed by atoms with van der Waals surface area (Å²) >= 11 is 12.5. The molecule has 0 saturated heterocycles. The number of ether oxygens (including phenoxy) is 2. The Morgan fingerprint density at radius 2 is 1.76 bits per heavy atom. The molecule has 0 fully saturated rings. The molecule has 0 aliphatic rings. The lowest BCUT2D eigenvalue weighted by Gasteiger charge is -2.24. The molecular weight excluding hydrogens is 465 g/mol. The first-order valence-electron chi connectivity index (χ1n) is 10.1. The number of amides is 2. The number of carbonyl (C=O) groups excluding carboxylic acids is 1. The molecule has 3 aromatic rings. The van der Waals surface area contributed by atoms with E-state index < -0.39 is 6.03 Å². The van der Waals surface area contributed by atoms with Crippen molar-refractivity contribution in [2.24, 2.45) is 0 Å². The monoisotopic (exact) mass is 489 g/mol. The molecule has 33 heavy (non-hydrogen) atoms. The predicted octanol–water partition coefficient (Wildman–Crippen LogP) is 4.92. The second-order valence-corrected chi connectivity index (χ2v) is 7.84. The third-order valence-corrected chi connectivity index (χ3v) is 5.55. The van der Waals surface area contributed by atoms with Crippen molar-refractivity contribution >= 4 is 46.7 Å². The molecular formula is C23H25Cl2N5O3. The standard InChI is InChI=1S/C23H25Cl2N5O3/c1-29(13-14-32-2)22-26-12-11-21(28-22)30(16-7-9-17(33-3)10-8-16)23(31)27-15-18-19(24)5-4-6-20(18)25/h4-12H,13-15H2,1-3H3,(H,27,31). The Balaban J connectivity index is 1.92. The average molecular weight is 490 g/mol. The summed E-state index contributed by atoms with van der Waals surface area (Å²) in [6, 6.07) is 13.6. The van der Waals surface area contributed by atoms with Crippen LogP contribution in [0.1, 0.15) is 5.56 Å². The summed E-state index contributed by atoms with van der Waals surface area (Å²) in [5.41, 5.74) is 1.23. The third kappa shape index (κ3) is 6.25. The van der Waals surface area contributed by atoms with E-state index in [0.717, 1.165) is 0 Å². The number of methoxy groups -OCH3 is 2. The normalized spacial score (nSPS) is 10.6. The van der Waals surface area contributed by atoms with Gasteiger partial charge in [-0.1, -0.05) is 29.3 Å². The van der Waals surface area contributed by atoms with Gasteiger partial charge in [-0.2, -0.15) is 4.98 Å². The number of anilines is 3. The average Bonchev–Trinajstić information content (AvgIpc) is 2.83. The topological polar surface area (TPSA) is 79.8 Å². The second kappa shape index (κ2) is 11.7. The van der Waals surface area contributed by atoms with Gasteiger partial charge in [-0.15, -0.1) is 0 Å². The van der Waals surface area contributed by atoms with Crippen LogP contribution < -0.4 is 19.9 Å². The lowest BCUT2D eigenvalue weighted by atomic mass is 10.2. The molecule has 0 aliphatic carbocycles. The number of nitrogens with one attached hydrogen (secondary N) is 1. The van der Waals surface area contributed by atoms with Gasteiger partial charge in [0.2, 0.25) is 5.95 Å². The summed E-state index contributed by atoms with van der Waals surface area (Å²) in [5.74, 6) is 1.53. The quantitative estimate of drug-likeness (QED) is 0.459. The van der Waals surface area contributed by atoms with E-state index in [2.05, 4.69) is 15.3 Å². The van der Waals surface area contributed by atoms with Gasteiger partial charge in [0.25, 0.3) is 0 Å². The highest BCUT2D eigenvalue weighted by atomic mass is 35.5. The van der Waals surface area contributed by atoms with Crippen LogP contribution in [0.3, 0.4) is 0 Å². The minimum Gasteiger partial charge on any atom is -0.497 e. The summed E-state index contributed by atoms with van der Waals surface area (Å²) in [6.07, 6.45) is 1.61. The number of likely N-dealkylation sites (N-methyl/N-ethyl adjacent to an activating group) is 1. The number of urea groups is 1. The fourth-order valence-corrected chi connectivity index (χ4v) is 3.54. The molecule has 1 aromatic heterocycles. The number of benzene rings is 2. The van der Waals surface area contributed by atoms with Gasteiger partial charge in [-0.3, -0.25) is 0 Å².